The van der Waals surface area contributed by atoms with Gasteiger partial charge >= 0.3 is 0 Å². The number of piperidine rings is 1. The average molecular weight is 344 g/mol. The van der Waals surface area contributed by atoms with Crippen molar-refractivity contribution in [3.8, 4) is 17.1 Å². The van der Waals surface area contributed by atoms with Gasteiger partial charge in [-0.05, 0) is 38.1 Å². The van der Waals surface area contributed by atoms with Crippen molar-refractivity contribution in [2.75, 3.05) is 34.3 Å². The number of nitrogens with zero attached hydrogens (tertiary/aromatic N) is 4. The Morgan fingerprint density at radius 2 is 2.04 bits per heavy atom. The van der Waals surface area contributed by atoms with E-state index in [2.05, 4.69) is 15.0 Å². The van der Waals surface area contributed by atoms with Crippen molar-refractivity contribution in [3.05, 3.63) is 30.2 Å². The molecule has 2 aromatic rings. The summed E-state index contributed by atoms with van der Waals surface area (Å²) in [7, 11) is 5.25. The number of aromatic nitrogens is 2. The summed E-state index contributed by atoms with van der Waals surface area (Å²) in [6.07, 6.45) is 1.73. The van der Waals surface area contributed by atoms with Crippen LogP contribution < -0.4 is 4.74 Å². The van der Waals surface area contributed by atoms with Crippen LogP contribution in [0.2, 0.25) is 0 Å². The highest BCUT2D eigenvalue weighted by molar-refractivity contribution is 5.78. The molecule has 1 aliphatic rings. The Hall–Kier alpha value is -2.41. The van der Waals surface area contributed by atoms with Crippen molar-refractivity contribution in [1.82, 2.24) is 19.9 Å². The first kappa shape index (κ1) is 17.4. The van der Waals surface area contributed by atoms with Crippen molar-refractivity contribution in [2.24, 2.45) is 5.92 Å². The topological polar surface area (TPSA) is 71.7 Å². The molecule has 1 fully saturated rings. The van der Waals surface area contributed by atoms with Crippen LogP contribution >= 0.6 is 0 Å². The van der Waals surface area contributed by atoms with Crippen LogP contribution in [0.1, 0.15) is 18.7 Å². The molecule has 0 aliphatic carbocycles. The fraction of sp³-hybridized carbons (Fsp3) is 0.500. The van der Waals surface area contributed by atoms with Crippen LogP contribution in [0.4, 0.5) is 0 Å². The standard InChI is InChI=1S/C18H24N4O3/c1-21(2)18(23)13-8-10-22(11-9-13)12-16-19-17(20-25-16)14-6-4-5-7-15(14)24-3/h4-7,13H,8-12H2,1-3H3. The van der Waals surface area contributed by atoms with Crippen LogP contribution in [0.15, 0.2) is 28.8 Å². The monoisotopic (exact) mass is 344 g/mol. The third-order valence-corrected chi connectivity index (χ3v) is 4.55. The Morgan fingerprint density at radius 3 is 2.72 bits per heavy atom. The first-order valence-electron chi connectivity index (χ1n) is 8.48. The van der Waals surface area contributed by atoms with Gasteiger partial charge in [-0.1, -0.05) is 17.3 Å². The summed E-state index contributed by atoms with van der Waals surface area (Å²) < 4.78 is 10.7. The predicted molar refractivity (Wildman–Crippen MR) is 93.0 cm³/mol. The van der Waals surface area contributed by atoms with E-state index >= 15 is 0 Å². The minimum atomic E-state index is 0.123. The number of benzene rings is 1. The lowest BCUT2D eigenvalue weighted by atomic mass is 9.95. The highest BCUT2D eigenvalue weighted by Crippen LogP contribution is 2.27. The van der Waals surface area contributed by atoms with Gasteiger partial charge in [0.1, 0.15) is 5.75 Å². The Labute approximate surface area is 147 Å². The normalized spacial score (nSPS) is 16.0. The Balaban J connectivity index is 1.60. The van der Waals surface area contributed by atoms with E-state index in [-0.39, 0.29) is 11.8 Å². The molecule has 0 atom stereocenters. The van der Waals surface area contributed by atoms with Crippen LogP contribution in [-0.2, 0) is 11.3 Å². The number of hydrogen-bond acceptors (Lipinski definition) is 6. The maximum absolute atomic E-state index is 12.0. The molecule has 7 nitrogen and oxygen atoms in total. The van der Waals surface area contributed by atoms with Gasteiger partial charge in [0, 0.05) is 20.0 Å². The SMILES string of the molecule is COc1ccccc1-c1noc(CN2CCC(C(=O)N(C)C)CC2)n1. The second kappa shape index (κ2) is 7.65. The molecule has 0 bridgehead atoms. The summed E-state index contributed by atoms with van der Waals surface area (Å²) in [6, 6.07) is 7.60. The highest BCUT2D eigenvalue weighted by Gasteiger charge is 2.27. The number of carbonyl (C=O) groups excluding carboxylic acids is 1. The van der Waals surface area contributed by atoms with E-state index in [0.29, 0.717) is 18.3 Å². The lowest BCUT2D eigenvalue weighted by Crippen LogP contribution is -2.39. The first-order chi connectivity index (χ1) is 12.1. The largest absolute Gasteiger partial charge is 0.496 e. The Morgan fingerprint density at radius 1 is 1.32 bits per heavy atom. The maximum Gasteiger partial charge on any atom is 0.241 e. The molecule has 1 aromatic carbocycles. The van der Waals surface area contributed by atoms with E-state index in [9.17, 15) is 4.79 Å². The number of likely N-dealkylation sites (tertiary alicyclic amines) is 1. The summed E-state index contributed by atoms with van der Waals surface area (Å²) >= 11 is 0. The van der Waals surface area contributed by atoms with Crippen molar-refractivity contribution < 1.29 is 14.1 Å². The smallest absolute Gasteiger partial charge is 0.241 e. The Bertz CT molecular complexity index is 721. The molecular weight excluding hydrogens is 320 g/mol. The predicted octanol–water partition coefficient (Wildman–Crippen LogP) is 2.05. The lowest BCUT2D eigenvalue weighted by Gasteiger charge is -2.31. The summed E-state index contributed by atoms with van der Waals surface area (Å²) in [5.41, 5.74) is 0.815. The van der Waals surface area contributed by atoms with E-state index < -0.39 is 0 Å². The fourth-order valence-corrected chi connectivity index (χ4v) is 3.15. The van der Waals surface area contributed by atoms with Gasteiger partial charge in [-0.3, -0.25) is 9.69 Å². The zero-order valence-electron chi connectivity index (χ0n) is 14.9. The number of para-hydroxylation sites is 1. The van der Waals surface area contributed by atoms with E-state index in [1.807, 2.05) is 38.4 Å². The highest BCUT2D eigenvalue weighted by atomic mass is 16.5. The van der Waals surface area contributed by atoms with Gasteiger partial charge < -0.3 is 14.2 Å². The van der Waals surface area contributed by atoms with Crippen LogP contribution in [0, 0.1) is 5.92 Å². The molecule has 0 saturated carbocycles. The molecule has 7 heteroatoms. The van der Waals surface area contributed by atoms with Crippen LogP contribution in [0.25, 0.3) is 11.4 Å². The van der Waals surface area contributed by atoms with Crippen molar-refractivity contribution >= 4 is 5.91 Å². The van der Waals surface area contributed by atoms with Crippen molar-refractivity contribution in [3.63, 3.8) is 0 Å². The molecular formula is C18H24N4O3. The van der Waals surface area contributed by atoms with Gasteiger partial charge in [0.15, 0.2) is 0 Å². The molecule has 0 radical (unpaired) electrons. The molecule has 2 heterocycles. The minimum absolute atomic E-state index is 0.123. The molecule has 1 saturated heterocycles. The van der Waals surface area contributed by atoms with E-state index in [0.717, 1.165) is 37.2 Å². The van der Waals surface area contributed by atoms with Crippen molar-refractivity contribution in [2.45, 2.75) is 19.4 Å². The van der Waals surface area contributed by atoms with Crippen LogP contribution in [0.5, 0.6) is 5.75 Å². The summed E-state index contributed by atoms with van der Waals surface area (Å²) in [5.74, 6) is 2.18. The average Bonchev–Trinajstić information content (AvgIpc) is 3.10. The van der Waals surface area contributed by atoms with Gasteiger partial charge in [-0.25, -0.2) is 0 Å². The molecule has 3 rings (SSSR count). The first-order valence-corrected chi connectivity index (χ1v) is 8.48. The molecule has 1 amide bonds. The van der Waals surface area contributed by atoms with Gasteiger partial charge in [0.05, 0.1) is 19.2 Å². The van der Waals surface area contributed by atoms with E-state index in [4.69, 9.17) is 9.26 Å². The number of rotatable bonds is 5. The molecule has 25 heavy (non-hydrogen) atoms. The molecule has 1 aromatic heterocycles. The summed E-state index contributed by atoms with van der Waals surface area (Å²) in [5, 5.41) is 4.07. The molecule has 0 spiro atoms. The van der Waals surface area contributed by atoms with Gasteiger partial charge in [-0.2, -0.15) is 4.98 Å². The van der Waals surface area contributed by atoms with Gasteiger partial charge in [0.25, 0.3) is 0 Å². The second-order valence-corrected chi connectivity index (χ2v) is 6.50. The second-order valence-electron chi connectivity index (χ2n) is 6.50. The van der Waals surface area contributed by atoms with E-state index in [1.165, 1.54) is 0 Å². The molecule has 0 N–H and O–H groups in total. The molecule has 1 aliphatic heterocycles. The van der Waals surface area contributed by atoms with Crippen molar-refractivity contribution in [1.29, 1.82) is 0 Å². The number of hydrogen-bond donors (Lipinski definition) is 0. The molecule has 134 valence electrons. The van der Waals surface area contributed by atoms with Gasteiger partial charge in [-0.15, -0.1) is 0 Å². The van der Waals surface area contributed by atoms with Gasteiger partial charge in [0.2, 0.25) is 17.6 Å². The number of carbonyl (C=O) groups is 1. The fourth-order valence-electron chi connectivity index (χ4n) is 3.15. The summed E-state index contributed by atoms with van der Waals surface area (Å²) in [4.78, 5) is 20.5. The van der Waals surface area contributed by atoms with E-state index in [1.54, 1.807) is 12.0 Å². The third-order valence-electron chi connectivity index (χ3n) is 4.55. The summed E-state index contributed by atoms with van der Waals surface area (Å²) in [6.45, 7) is 2.32. The number of methoxy groups -OCH3 is 1. The maximum atomic E-state index is 12.0. The molecule has 0 unspecified atom stereocenters. The third kappa shape index (κ3) is 3.99. The quantitative estimate of drug-likeness (QED) is 0.827. The van der Waals surface area contributed by atoms with Crippen LogP contribution in [-0.4, -0.2) is 60.1 Å². The zero-order chi connectivity index (χ0) is 17.8. The minimum Gasteiger partial charge on any atom is -0.496 e. The van der Waals surface area contributed by atoms with Crippen LogP contribution in [0.3, 0.4) is 0 Å². The Kier molecular flexibility index (Phi) is 5.33. The lowest BCUT2D eigenvalue weighted by molar-refractivity contribution is -0.134. The zero-order valence-corrected chi connectivity index (χ0v) is 14.9. The number of amides is 1. The number of ether oxygens (including phenoxy) is 1.